The number of hydrogen-bond donors (Lipinski definition) is 0. The third kappa shape index (κ3) is 3.72. The van der Waals surface area contributed by atoms with E-state index in [-0.39, 0.29) is 11.8 Å². The third-order valence-electron chi connectivity index (χ3n) is 4.90. The number of fused-ring (bicyclic) bond motifs is 3. The summed E-state index contributed by atoms with van der Waals surface area (Å²) in [4.78, 5) is 16.6. The van der Waals surface area contributed by atoms with Crippen molar-refractivity contribution >= 4 is 0 Å². The number of nitrogens with zero attached hydrogens (tertiary/aromatic N) is 2. The van der Waals surface area contributed by atoms with Gasteiger partial charge >= 0.3 is 5.69 Å². The maximum Gasteiger partial charge on any atom is 0.348 e. The van der Waals surface area contributed by atoms with Gasteiger partial charge in [-0.15, -0.1) is 0 Å². The summed E-state index contributed by atoms with van der Waals surface area (Å²) in [5, 5.41) is 0. The van der Waals surface area contributed by atoms with Gasteiger partial charge in [0.05, 0.1) is 44.4 Å². The third-order valence-corrected chi connectivity index (χ3v) is 4.90. The van der Waals surface area contributed by atoms with Crippen LogP contribution >= 0.6 is 0 Å². The van der Waals surface area contributed by atoms with E-state index in [1.54, 1.807) is 4.57 Å². The maximum absolute atomic E-state index is 12.4. The van der Waals surface area contributed by atoms with Gasteiger partial charge in [0.15, 0.2) is 0 Å². The Morgan fingerprint density at radius 3 is 3.08 bits per heavy atom. The molecular weight excluding hydrogens is 332 g/mol. The Bertz CT molecular complexity index is 840. The van der Waals surface area contributed by atoms with Crippen LogP contribution in [0.3, 0.4) is 0 Å². The normalized spacial score (nSPS) is 19.0. The SMILES string of the molecule is Cc1ccc2c(c1)CCn1c-2cc(CCOCC2COCCO2)nc1=O. The van der Waals surface area contributed by atoms with Crippen LogP contribution in [0.2, 0.25) is 0 Å². The number of rotatable bonds is 5. The molecule has 1 aromatic heterocycles. The molecule has 0 spiro atoms. The number of benzene rings is 1. The van der Waals surface area contributed by atoms with E-state index >= 15 is 0 Å². The van der Waals surface area contributed by atoms with E-state index in [9.17, 15) is 4.79 Å². The molecule has 1 aromatic carbocycles. The van der Waals surface area contributed by atoms with Crippen molar-refractivity contribution in [3.05, 3.63) is 51.6 Å². The van der Waals surface area contributed by atoms with Gasteiger partial charge in [-0.25, -0.2) is 4.79 Å². The van der Waals surface area contributed by atoms with Gasteiger partial charge in [-0.1, -0.05) is 23.8 Å². The van der Waals surface area contributed by atoms with Gasteiger partial charge in [0.25, 0.3) is 0 Å². The average Bonchev–Trinajstić information content (AvgIpc) is 2.65. The average molecular weight is 356 g/mol. The zero-order valence-corrected chi connectivity index (χ0v) is 15.1. The summed E-state index contributed by atoms with van der Waals surface area (Å²) in [5.74, 6) is 0. The predicted octanol–water partition coefficient (Wildman–Crippen LogP) is 1.75. The summed E-state index contributed by atoms with van der Waals surface area (Å²) in [6.45, 7) is 5.65. The van der Waals surface area contributed by atoms with Gasteiger partial charge in [-0.05, 0) is 25.0 Å². The molecule has 1 fully saturated rings. The largest absolute Gasteiger partial charge is 0.378 e. The van der Waals surface area contributed by atoms with Crippen LogP contribution < -0.4 is 5.69 Å². The fourth-order valence-corrected chi connectivity index (χ4v) is 3.56. The minimum absolute atomic E-state index is 0.000911. The van der Waals surface area contributed by atoms with Gasteiger partial charge in [0.2, 0.25) is 0 Å². The molecule has 0 amide bonds. The van der Waals surface area contributed by atoms with Crippen LogP contribution in [0.1, 0.15) is 16.8 Å². The molecule has 6 heteroatoms. The molecule has 1 saturated heterocycles. The molecule has 3 heterocycles. The van der Waals surface area contributed by atoms with Crippen molar-refractivity contribution in [2.24, 2.45) is 0 Å². The van der Waals surface area contributed by atoms with Crippen LogP contribution in [0.4, 0.5) is 0 Å². The standard InChI is InChI=1S/C20H24N2O4/c1-14-2-3-18-15(10-14)4-6-22-19(18)11-16(21-20(22)23)5-7-24-12-17-13-25-8-9-26-17/h2-3,10-11,17H,4-9,12-13H2,1H3. The minimum atomic E-state index is -0.173. The molecule has 2 aromatic rings. The van der Waals surface area contributed by atoms with E-state index in [1.165, 1.54) is 11.1 Å². The molecule has 6 nitrogen and oxygen atoms in total. The minimum Gasteiger partial charge on any atom is -0.378 e. The lowest BCUT2D eigenvalue weighted by atomic mass is 9.95. The molecule has 0 saturated carbocycles. The van der Waals surface area contributed by atoms with Gasteiger partial charge in [0.1, 0.15) is 6.10 Å². The second-order valence-electron chi connectivity index (χ2n) is 6.87. The van der Waals surface area contributed by atoms with E-state index < -0.39 is 0 Å². The molecule has 0 radical (unpaired) electrons. The fourth-order valence-electron chi connectivity index (χ4n) is 3.56. The van der Waals surface area contributed by atoms with Crippen LogP contribution in [-0.4, -0.2) is 48.7 Å². The highest BCUT2D eigenvalue weighted by molar-refractivity contribution is 5.66. The van der Waals surface area contributed by atoms with E-state index in [2.05, 4.69) is 30.1 Å². The van der Waals surface area contributed by atoms with Crippen LogP contribution in [0.5, 0.6) is 0 Å². The summed E-state index contributed by atoms with van der Waals surface area (Å²) < 4.78 is 18.4. The Kier molecular flexibility index (Phi) is 5.15. The number of aryl methyl sites for hydroxylation is 2. The van der Waals surface area contributed by atoms with Gasteiger partial charge in [0, 0.05) is 18.5 Å². The van der Waals surface area contributed by atoms with E-state index in [0.717, 1.165) is 23.4 Å². The number of aromatic nitrogens is 2. The lowest BCUT2D eigenvalue weighted by Gasteiger charge is -2.23. The summed E-state index contributed by atoms with van der Waals surface area (Å²) in [6, 6.07) is 8.43. The molecule has 1 atom stereocenters. The molecular formula is C20H24N2O4. The summed E-state index contributed by atoms with van der Waals surface area (Å²) in [6.07, 6.45) is 1.48. The number of hydrogen-bond acceptors (Lipinski definition) is 5. The molecule has 1 unspecified atom stereocenters. The highest BCUT2D eigenvalue weighted by atomic mass is 16.6. The Labute approximate surface area is 152 Å². The molecule has 2 aliphatic heterocycles. The van der Waals surface area contributed by atoms with Gasteiger partial charge in [-0.2, -0.15) is 4.98 Å². The van der Waals surface area contributed by atoms with Crippen molar-refractivity contribution in [3.8, 4) is 11.3 Å². The van der Waals surface area contributed by atoms with Crippen molar-refractivity contribution in [1.29, 1.82) is 0 Å². The van der Waals surface area contributed by atoms with Crippen LogP contribution in [-0.2, 0) is 33.6 Å². The predicted molar refractivity (Wildman–Crippen MR) is 97.5 cm³/mol. The Morgan fingerprint density at radius 1 is 1.31 bits per heavy atom. The maximum atomic E-state index is 12.4. The van der Waals surface area contributed by atoms with Crippen LogP contribution in [0, 0.1) is 6.92 Å². The second-order valence-corrected chi connectivity index (χ2v) is 6.87. The number of ether oxygens (including phenoxy) is 3. The first kappa shape index (κ1) is 17.4. The van der Waals surface area contributed by atoms with E-state index in [4.69, 9.17) is 14.2 Å². The van der Waals surface area contributed by atoms with E-state index in [1.807, 2.05) is 6.07 Å². The summed E-state index contributed by atoms with van der Waals surface area (Å²) in [5.41, 5.74) is 5.24. The lowest BCUT2D eigenvalue weighted by molar-refractivity contribution is -0.115. The summed E-state index contributed by atoms with van der Waals surface area (Å²) in [7, 11) is 0. The first-order valence-corrected chi connectivity index (χ1v) is 9.18. The first-order chi connectivity index (χ1) is 12.7. The van der Waals surface area contributed by atoms with Crippen molar-refractivity contribution in [2.45, 2.75) is 32.4 Å². The Balaban J connectivity index is 1.45. The molecule has 0 aliphatic carbocycles. The van der Waals surface area contributed by atoms with Crippen molar-refractivity contribution < 1.29 is 14.2 Å². The smallest absolute Gasteiger partial charge is 0.348 e. The highest BCUT2D eigenvalue weighted by Crippen LogP contribution is 2.29. The van der Waals surface area contributed by atoms with Gasteiger partial charge < -0.3 is 14.2 Å². The second kappa shape index (κ2) is 7.70. The monoisotopic (exact) mass is 356 g/mol. The zero-order valence-electron chi connectivity index (χ0n) is 15.1. The molecule has 0 N–H and O–H groups in total. The fraction of sp³-hybridized carbons (Fsp3) is 0.500. The van der Waals surface area contributed by atoms with Crippen LogP contribution in [0.15, 0.2) is 29.1 Å². The Morgan fingerprint density at radius 2 is 2.23 bits per heavy atom. The molecule has 0 bridgehead atoms. The summed E-state index contributed by atoms with van der Waals surface area (Å²) >= 11 is 0. The lowest BCUT2D eigenvalue weighted by Crippen LogP contribution is -2.32. The zero-order chi connectivity index (χ0) is 17.9. The Hall–Kier alpha value is -2.02. The van der Waals surface area contributed by atoms with Crippen molar-refractivity contribution in [1.82, 2.24) is 9.55 Å². The highest BCUT2D eigenvalue weighted by Gasteiger charge is 2.19. The first-order valence-electron chi connectivity index (χ1n) is 9.18. The quantitative estimate of drug-likeness (QED) is 0.764. The van der Waals surface area contributed by atoms with Crippen molar-refractivity contribution in [2.75, 3.05) is 33.0 Å². The van der Waals surface area contributed by atoms with Crippen LogP contribution in [0.25, 0.3) is 11.3 Å². The van der Waals surface area contributed by atoms with E-state index in [0.29, 0.717) is 46.0 Å². The molecule has 26 heavy (non-hydrogen) atoms. The molecule has 2 aliphatic rings. The molecule has 4 rings (SSSR count). The topological polar surface area (TPSA) is 62.6 Å². The van der Waals surface area contributed by atoms with Crippen molar-refractivity contribution in [3.63, 3.8) is 0 Å². The van der Waals surface area contributed by atoms with Gasteiger partial charge in [-0.3, -0.25) is 4.57 Å². The molecule has 138 valence electrons.